The Kier molecular flexibility index (Phi) is 3.09. The van der Waals surface area contributed by atoms with E-state index in [0.29, 0.717) is 22.8 Å². The Labute approximate surface area is 141 Å². The summed E-state index contributed by atoms with van der Waals surface area (Å²) < 4.78 is 14.2. The van der Waals surface area contributed by atoms with Crippen molar-refractivity contribution in [1.29, 1.82) is 0 Å². The number of aliphatic hydroxyl groups is 1. The lowest BCUT2D eigenvalue weighted by atomic mass is 9.57. The highest BCUT2D eigenvalue weighted by Gasteiger charge is 2.58. The van der Waals surface area contributed by atoms with Gasteiger partial charge in [-0.05, 0) is 47.3 Å². The number of benzene rings is 1. The number of hydrogen-bond acceptors (Lipinski definition) is 4. The van der Waals surface area contributed by atoms with Gasteiger partial charge in [0.1, 0.15) is 17.8 Å². The molecular formula is C17H16BrFN2O2. The van der Waals surface area contributed by atoms with Crippen LogP contribution in [0.4, 0.5) is 10.1 Å². The minimum atomic E-state index is -0.690. The number of carbonyl (C=O) groups excluding carboxylic acids is 1. The number of nitrogens with zero attached hydrogens (tertiary/aromatic N) is 2. The standard InChI is InChI=1S/C17H16BrFN2O2/c1-8(22)9-5-17(6-9)15-10-3-11(18)12(19)4-13(10)20-7-14(15)21(2)16(17)23/h3-4,7,9,16,23H,5-6H2,1-2H3. The van der Waals surface area contributed by atoms with Gasteiger partial charge in [0, 0.05) is 29.8 Å². The van der Waals surface area contributed by atoms with Crippen LogP contribution in [0.25, 0.3) is 10.9 Å². The summed E-state index contributed by atoms with van der Waals surface area (Å²) in [6.07, 6.45) is 2.23. The van der Waals surface area contributed by atoms with Crippen molar-refractivity contribution in [3.8, 4) is 0 Å². The van der Waals surface area contributed by atoms with Crippen LogP contribution < -0.4 is 4.90 Å². The Hall–Kier alpha value is -1.53. The second-order valence-electron chi connectivity index (χ2n) is 6.66. The van der Waals surface area contributed by atoms with Crippen molar-refractivity contribution >= 4 is 38.3 Å². The van der Waals surface area contributed by atoms with E-state index in [-0.39, 0.29) is 17.5 Å². The molecular weight excluding hydrogens is 363 g/mol. The first-order valence-corrected chi connectivity index (χ1v) is 8.34. The van der Waals surface area contributed by atoms with Crippen molar-refractivity contribution < 1.29 is 14.3 Å². The van der Waals surface area contributed by atoms with Crippen LogP contribution in [-0.4, -0.2) is 29.1 Å². The molecule has 2 aromatic rings. The van der Waals surface area contributed by atoms with Gasteiger partial charge < -0.3 is 10.0 Å². The summed E-state index contributed by atoms with van der Waals surface area (Å²) in [7, 11) is 1.82. The molecule has 0 bridgehead atoms. The van der Waals surface area contributed by atoms with Crippen molar-refractivity contribution in [2.24, 2.45) is 5.92 Å². The van der Waals surface area contributed by atoms with E-state index in [2.05, 4.69) is 20.9 Å². The summed E-state index contributed by atoms with van der Waals surface area (Å²) in [5, 5.41) is 11.6. The fourth-order valence-corrected chi connectivity index (χ4v) is 4.46. The first kappa shape index (κ1) is 15.0. The Morgan fingerprint density at radius 2 is 2.17 bits per heavy atom. The normalized spacial score (nSPS) is 29.0. The molecule has 6 heteroatoms. The van der Waals surface area contributed by atoms with E-state index in [1.54, 1.807) is 24.1 Å². The molecule has 1 fully saturated rings. The lowest BCUT2D eigenvalue weighted by Crippen LogP contribution is -2.53. The van der Waals surface area contributed by atoms with Gasteiger partial charge in [0.2, 0.25) is 0 Å². The highest BCUT2D eigenvalue weighted by molar-refractivity contribution is 9.10. The van der Waals surface area contributed by atoms with Crippen molar-refractivity contribution in [3.05, 3.63) is 34.2 Å². The Balaban J connectivity index is 1.96. The van der Waals surface area contributed by atoms with Gasteiger partial charge in [0.05, 0.1) is 21.9 Å². The minimum Gasteiger partial charge on any atom is -0.373 e. The number of likely N-dealkylation sites (N-methyl/N-ethyl adjacent to an activating group) is 1. The average molecular weight is 379 g/mol. The van der Waals surface area contributed by atoms with Gasteiger partial charge >= 0.3 is 0 Å². The topological polar surface area (TPSA) is 53.4 Å². The molecule has 4 rings (SSSR count). The molecule has 23 heavy (non-hydrogen) atoms. The van der Waals surface area contributed by atoms with Crippen LogP contribution in [0.1, 0.15) is 25.3 Å². The number of pyridine rings is 1. The van der Waals surface area contributed by atoms with Crippen molar-refractivity contribution in [3.63, 3.8) is 0 Å². The monoisotopic (exact) mass is 378 g/mol. The average Bonchev–Trinajstić information content (AvgIpc) is 2.68. The SMILES string of the molecule is CC(=O)C1CC2(C1)c1c(cnc3cc(F)c(Br)cc13)N(C)C2O. The fraction of sp³-hybridized carbons (Fsp3) is 0.412. The van der Waals surface area contributed by atoms with Gasteiger partial charge in [-0.25, -0.2) is 4.39 Å². The maximum Gasteiger partial charge on any atom is 0.139 e. The summed E-state index contributed by atoms with van der Waals surface area (Å²) in [5.74, 6) is -0.221. The zero-order chi connectivity index (χ0) is 16.5. The molecule has 1 aromatic heterocycles. The van der Waals surface area contributed by atoms with Gasteiger partial charge in [-0.1, -0.05) is 0 Å². The van der Waals surface area contributed by atoms with E-state index in [0.717, 1.165) is 16.6 Å². The van der Waals surface area contributed by atoms with Crippen LogP contribution in [0, 0.1) is 11.7 Å². The van der Waals surface area contributed by atoms with E-state index in [1.165, 1.54) is 6.07 Å². The zero-order valence-electron chi connectivity index (χ0n) is 12.8. The zero-order valence-corrected chi connectivity index (χ0v) is 14.4. The molecule has 1 spiro atoms. The molecule has 120 valence electrons. The fourth-order valence-electron chi connectivity index (χ4n) is 4.12. The highest BCUT2D eigenvalue weighted by Crippen LogP contribution is 2.59. The maximum absolute atomic E-state index is 13.8. The molecule has 1 unspecified atom stereocenters. The number of fused-ring (bicyclic) bond motifs is 4. The third-order valence-electron chi connectivity index (χ3n) is 5.43. The summed E-state index contributed by atoms with van der Waals surface area (Å²) in [5.41, 5.74) is 1.93. The van der Waals surface area contributed by atoms with Crippen LogP contribution in [0.5, 0.6) is 0 Å². The van der Waals surface area contributed by atoms with Gasteiger partial charge in [-0.2, -0.15) is 0 Å². The van der Waals surface area contributed by atoms with Crippen LogP contribution in [0.15, 0.2) is 22.8 Å². The van der Waals surface area contributed by atoms with Crippen LogP contribution in [0.3, 0.4) is 0 Å². The van der Waals surface area contributed by atoms with Crippen molar-refractivity contribution in [2.75, 3.05) is 11.9 Å². The molecule has 2 aliphatic rings. The maximum atomic E-state index is 13.8. The number of hydrogen-bond donors (Lipinski definition) is 1. The number of carbonyl (C=O) groups is 1. The van der Waals surface area contributed by atoms with Gasteiger partial charge in [-0.15, -0.1) is 0 Å². The summed E-state index contributed by atoms with van der Waals surface area (Å²) in [6, 6.07) is 3.13. The van der Waals surface area contributed by atoms with Crippen molar-refractivity contribution in [1.82, 2.24) is 4.98 Å². The second-order valence-corrected chi connectivity index (χ2v) is 7.51. The van der Waals surface area contributed by atoms with Crippen LogP contribution >= 0.6 is 15.9 Å². The number of ketones is 1. The van der Waals surface area contributed by atoms with E-state index in [1.807, 2.05) is 7.05 Å². The molecule has 1 N–H and O–H groups in total. The quantitative estimate of drug-likeness (QED) is 0.827. The lowest BCUT2D eigenvalue weighted by molar-refractivity contribution is -0.127. The molecule has 1 aliphatic heterocycles. The summed E-state index contributed by atoms with van der Waals surface area (Å²) in [4.78, 5) is 17.8. The third-order valence-corrected chi connectivity index (χ3v) is 6.03. The molecule has 4 nitrogen and oxygen atoms in total. The first-order valence-electron chi connectivity index (χ1n) is 7.55. The predicted molar refractivity (Wildman–Crippen MR) is 88.9 cm³/mol. The van der Waals surface area contributed by atoms with E-state index < -0.39 is 11.6 Å². The number of rotatable bonds is 1. The Bertz CT molecular complexity index is 848. The Morgan fingerprint density at radius 1 is 1.48 bits per heavy atom. The number of anilines is 1. The number of Topliss-reactive ketones (excluding diaryl/α,β-unsaturated/α-hetero) is 1. The van der Waals surface area contributed by atoms with Crippen LogP contribution in [-0.2, 0) is 10.2 Å². The molecule has 0 radical (unpaired) electrons. The largest absolute Gasteiger partial charge is 0.373 e. The van der Waals surface area contributed by atoms with Gasteiger partial charge in [0.15, 0.2) is 0 Å². The molecule has 0 saturated heterocycles. The van der Waals surface area contributed by atoms with Gasteiger partial charge in [-0.3, -0.25) is 9.78 Å². The first-order chi connectivity index (χ1) is 10.8. The number of aromatic nitrogens is 1. The Morgan fingerprint density at radius 3 is 2.83 bits per heavy atom. The van der Waals surface area contributed by atoms with E-state index in [4.69, 9.17) is 0 Å². The molecule has 2 heterocycles. The summed E-state index contributed by atoms with van der Waals surface area (Å²) in [6.45, 7) is 1.60. The number of aliphatic hydroxyl groups excluding tert-OH is 1. The predicted octanol–water partition coefficient (Wildman–Crippen LogP) is 3.14. The molecule has 0 amide bonds. The van der Waals surface area contributed by atoms with Crippen LogP contribution in [0.2, 0.25) is 0 Å². The minimum absolute atomic E-state index is 0.0175. The second kappa shape index (κ2) is 4.74. The number of halogens is 2. The van der Waals surface area contributed by atoms with Crippen molar-refractivity contribution in [2.45, 2.75) is 31.4 Å². The molecule has 1 atom stereocenters. The van der Waals surface area contributed by atoms with Gasteiger partial charge in [0.25, 0.3) is 0 Å². The smallest absolute Gasteiger partial charge is 0.139 e. The van der Waals surface area contributed by atoms with E-state index in [9.17, 15) is 14.3 Å². The molecule has 1 saturated carbocycles. The summed E-state index contributed by atoms with van der Waals surface area (Å²) >= 11 is 3.23. The highest BCUT2D eigenvalue weighted by atomic mass is 79.9. The molecule has 1 aliphatic carbocycles. The molecule has 1 aromatic carbocycles. The van der Waals surface area contributed by atoms with E-state index >= 15 is 0 Å². The lowest BCUT2D eigenvalue weighted by Gasteiger charge is -2.47. The third kappa shape index (κ3) is 1.85.